The highest BCUT2D eigenvalue weighted by atomic mass is 28.4. The van der Waals surface area contributed by atoms with Gasteiger partial charge in [-0.2, -0.15) is 0 Å². The van der Waals surface area contributed by atoms with Gasteiger partial charge in [-0.15, -0.1) is 0 Å². The maximum absolute atomic E-state index is 14.1. The summed E-state index contributed by atoms with van der Waals surface area (Å²) < 4.78 is 32.2. The van der Waals surface area contributed by atoms with Crippen molar-refractivity contribution in [2.24, 2.45) is 0 Å². The molecule has 0 spiro atoms. The van der Waals surface area contributed by atoms with Gasteiger partial charge in [0, 0.05) is 42.1 Å². The van der Waals surface area contributed by atoms with Gasteiger partial charge in [-0.3, -0.25) is 0 Å². The molecule has 4 rings (SSSR count). The van der Waals surface area contributed by atoms with Gasteiger partial charge in [0.25, 0.3) is 0 Å². The Morgan fingerprint density at radius 2 is 1.79 bits per heavy atom. The molecule has 3 aromatic rings. The van der Waals surface area contributed by atoms with Crippen LogP contribution in [0.1, 0.15) is 65.0 Å². The number of aromatic amines is 1. The number of alkyl carbamates (subject to hydrolysis) is 1. The van der Waals surface area contributed by atoms with E-state index in [1.54, 1.807) is 11.0 Å². The van der Waals surface area contributed by atoms with Crippen LogP contribution in [0.25, 0.3) is 10.9 Å². The molecule has 1 aliphatic heterocycles. The van der Waals surface area contributed by atoms with Crippen LogP contribution in [0.2, 0.25) is 18.1 Å². The summed E-state index contributed by atoms with van der Waals surface area (Å²) in [5.74, 6) is -0.705. The molecule has 0 bridgehead atoms. The number of H-pyrrole nitrogens is 1. The summed E-state index contributed by atoms with van der Waals surface area (Å²) in [5.41, 5.74) is 1.70. The zero-order valence-corrected chi connectivity index (χ0v) is 27.6. The molecule has 0 aliphatic carbocycles. The smallest absolute Gasteiger partial charge is 0.410 e. The first-order chi connectivity index (χ1) is 20.0. The van der Waals surface area contributed by atoms with Gasteiger partial charge in [-0.05, 0) is 74.7 Å². The molecule has 1 fully saturated rings. The molecule has 1 aliphatic rings. The third kappa shape index (κ3) is 8.17. The molecule has 234 valence electrons. The number of hydrogen-bond acceptors (Lipinski definition) is 5. The Hall–Kier alpha value is -3.37. The number of nitrogens with zero attached hydrogens (tertiary/aromatic N) is 1. The van der Waals surface area contributed by atoms with Gasteiger partial charge < -0.3 is 29.1 Å². The number of ether oxygens (including phenoxy) is 2. The molecule has 0 unspecified atom stereocenters. The lowest BCUT2D eigenvalue weighted by Crippen LogP contribution is -2.46. The predicted molar refractivity (Wildman–Crippen MR) is 169 cm³/mol. The van der Waals surface area contributed by atoms with E-state index in [1.165, 1.54) is 12.1 Å². The summed E-state index contributed by atoms with van der Waals surface area (Å²) in [6.07, 6.45) is 1.21. The predicted octanol–water partition coefficient (Wildman–Crippen LogP) is 7.72. The third-order valence-corrected chi connectivity index (χ3v) is 13.0. The summed E-state index contributed by atoms with van der Waals surface area (Å²) in [4.78, 5) is 31.4. The van der Waals surface area contributed by atoms with Crippen LogP contribution in [0.3, 0.4) is 0 Å². The van der Waals surface area contributed by atoms with Gasteiger partial charge in [-0.25, -0.2) is 14.0 Å². The number of nitrogens with one attached hydrogen (secondary N) is 2. The van der Waals surface area contributed by atoms with Crippen molar-refractivity contribution in [1.82, 2.24) is 15.2 Å². The fourth-order valence-corrected chi connectivity index (χ4v) is 6.62. The standard InChI is InChI=1S/C33H46FN3O5Si/c1-32(2,3)41-31(39)37-20-24(42-43(7,8)33(4,5)6)17-29(37)27(26-18-35-28-16-23(34)14-15-25(26)28)19-36-30(38)40-21-22-12-10-9-11-13-22/h9-16,18,24,27,29,35H,17,19-21H2,1-8H3,(H,36,38)/t24-,27-,29-/m1/s1. The van der Waals surface area contributed by atoms with E-state index in [4.69, 9.17) is 13.9 Å². The van der Waals surface area contributed by atoms with Crippen molar-refractivity contribution in [1.29, 1.82) is 0 Å². The van der Waals surface area contributed by atoms with Crippen molar-refractivity contribution in [2.75, 3.05) is 13.1 Å². The van der Waals surface area contributed by atoms with E-state index in [1.807, 2.05) is 57.3 Å². The molecule has 1 saturated heterocycles. The molecule has 2 aromatic carbocycles. The molecule has 43 heavy (non-hydrogen) atoms. The fraction of sp³-hybridized carbons (Fsp3) is 0.515. The van der Waals surface area contributed by atoms with Crippen molar-refractivity contribution in [3.8, 4) is 0 Å². The van der Waals surface area contributed by atoms with Crippen molar-refractivity contribution >= 4 is 31.4 Å². The number of likely N-dealkylation sites (tertiary alicyclic amines) is 1. The summed E-state index contributed by atoms with van der Waals surface area (Å²) in [6.45, 7) is 17.2. The third-order valence-electron chi connectivity index (χ3n) is 8.42. The van der Waals surface area contributed by atoms with Crippen LogP contribution >= 0.6 is 0 Å². The van der Waals surface area contributed by atoms with Gasteiger partial charge in [0.05, 0.1) is 6.10 Å². The Kier molecular flexibility index (Phi) is 9.61. The Bertz CT molecular complexity index is 1410. The van der Waals surface area contributed by atoms with E-state index in [0.29, 0.717) is 18.5 Å². The molecule has 1 aromatic heterocycles. The van der Waals surface area contributed by atoms with Crippen LogP contribution in [-0.2, 0) is 20.5 Å². The number of fused-ring (bicyclic) bond motifs is 1. The largest absolute Gasteiger partial charge is 0.445 e. The van der Waals surface area contributed by atoms with Crippen molar-refractivity contribution in [3.63, 3.8) is 0 Å². The van der Waals surface area contributed by atoms with Gasteiger partial charge in [0.1, 0.15) is 18.0 Å². The molecular weight excluding hydrogens is 565 g/mol. The quantitative estimate of drug-likeness (QED) is 0.255. The number of carbonyl (C=O) groups is 2. The zero-order valence-electron chi connectivity index (χ0n) is 26.6. The Morgan fingerprint density at radius 1 is 1.09 bits per heavy atom. The average molecular weight is 612 g/mol. The van der Waals surface area contributed by atoms with Gasteiger partial charge >= 0.3 is 12.2 Å². The summed E-state index contributed by atoms with van der Waals surface area (Å²) in [7, 11) is -2.16. The average Bonchev–Trinajstić information content (AvgIpc) is 3.50. The molecule has 2 amide bonds. The molecule has 8 nitrogen and oxygen atoms in total. The fourth-order valence-electron chi connectivity index (χ4n) is 5.27. The SMILES string of the molecule is CC(C)(C)OC(=O)N1C[C@H](O[Si](C)(C)C(C)(C)C)C[C@@H]1[C@H](CNC(=O)OCc1ccccc1)c1c[nH]c2cc(F)ccc12. The van der Waals surface area contributed by atoms with Crippen LogP contribution in [0.4, 0.5) is 14.0 Å². The Morgan fingerprint density at radius 3 is 2.44 bits per heavy atom. The summed E-state index contributed by atoms with van der Waals surface area (Å²) in [6, 6.07) is 13.7. The topological polar surface area (TPSA) is 92.9 Å². The van der Waals surface area contributed by atoms with Crippen LogP contribution in [-0.4, -0.2) is 61.2 Å². The Balaban J connectivity index is 1.65. The number of benzene rings is 2. The van der Waals surface area contributed by atoms with Crippen molar-refractivity contribution < 1.29 is 27.9 Å². The first kappa shape index (κ1) is 32.5. The summed E-state index contributed by atoms with van der Waals surface area (Å²) in [5, 5.41) is 3.74. The zero-order chi connectivity index (χ0) is 31.6. The van der Waals surface area contributed by atoms with Crippen LogP contribution in [0.5, 0.6) is 0 Å². The van der Waals surface area contributed by atoms with E-state index < -0.39 is 26.1 Å². The molecule has 2 N–H and O–H groups in total. The molecular formula is C33H46FN3O5Si. The first-order valence-corrected chi connectivity index (χ1v) is 17.8. The normalized spacial score (nSPS) is 18.5. The van der Waals surface area contributed by atoms with E-state index in [9.17, 15) is 14.0 Å². The lowest BCUT2D eigenvalue weighted by Gasteiger charge is -2.38. The highest BCUT2D eigenvalue weighted by molar-refractivity contribution is 6.74. The first-order valence-electron chi connectivity index (χ1n) is 14.9. The summed E-state index contributed by atoms with van der Waals surface area (Å²) >= 11 is 0. The number of hydrogen-bond donors (Lipinski definition) is 2. The lowest BCUT2D eigenvalue weighted by atomic mass is 9.89. The van der Waals surface area contributed by atoms with Gasteiger partial charge in [0.2, 0.25) is 0 Å². The number of rotatable bonds is 8. The second-order valence-corrected chi connectivity index (χ2v) is 18.7. The minimum absolute atomic E-state index is 0.00772. The molecule has 0 saturated carbocycles. The van der Waals surface area contributed by atoms with Crippen molar-refractivity contribution in [3.05, 3.63) is 71.7 Å². The molecule has 2 heterocycles. The lowest BCUT2D eigenvalue weighted by molar-refractivity contribution is 0.0191. The monoisotopic (exact) mass is 611 g/mol. The molecule has 0 radical (unpaired) electrons. The van der Waals surface area contributed by atoms with E-state index >= 15 is 0 Å². The van der Waals surface area contributed by atoms with E-state index in [0.717, 1.165) is 16.5 Å². The van der Waals surface area contributed by atoms with Crippen LogP contribution < -0.4 is 5.32 Å². The number of halogens is 1. The molecule has 3 atom stereocenters. The molecule has 10 heteroatoms. The second-order valence-electron chi connectivity index (χ2n) is 13.9. The van der Waals surface area contributed by atoms with E-state index in [-0.39, 0.29) is 42.1 Å². The minimum Gasteiger partial charge on any atom is -0.445 e. The number of aromatic nitrogens is 1. The maximum atomic E-state index is 14.1. The Labute approximate surface area is 255 Å². The van der Waals surface area contributed by atoms with E-state index in [2.05, 4.69) is 44.2 Å². The van der Waals surface area contributed by atoms with Crippen LogP contribution in [0, 0.1) is 5.82 Å². The van der Waals surface area contributed by atoms with Gasteiger partial charge in [-0.1, -0.05) is 51.1 Å². The highest BCUT2D eigenvalue weighted by Crippen LogP contribution is 2.41. The highest BCUT2D eigenvalue weighted by Gasteiger charge is 2.47. The minimum atomic E-state index is -2.16. The number of carbonyl (C=O) groups excluding carboxylic acids is 2. The number of amides is 2. The second kappa shape index (κ2) is 12.7. The van der Waals surface area contributed by atoms with Crippen molar-refractivity contribution in [2.45, 2.75) is 96.4 Å². The van der Waals surface area contributed by atoms with Crippen LogP contribution in [0.15, 0.2) is 54.7 Å². The maximum Gasteiger partial charge on any atom is 0.410 e. The van der Waals surface area contributed by atoms with Gasteiger partial charge in [0.15, 0.2) is 8.32 Å².